The Morgan fingerprint density at radius 1 is 1.12 bits per heavy atom. The maximum absolute atomic E-state index is 10.6. The molecule has 2 aromatic rings. The topological polar surface area (TPSA) is 26.3 Å². The van der Waals surface area contributed by atoms with Crippen molar-refractivity contribution in [2.24, 2.45) is 0 Å². The molecule has 0 saturated carbocycles. The quantitative estimate of drug-likeness (QED) is 0.783. The van der Waals surface area contributed by atoms with Crippen molar-refractivity contribution < 1.29 is 9.53 Å². The van der Waals surface area contributed by atoms with Crippen LogP contribution in [0.1, 0.15) is 18.4 Å². The normalized spacial score (nSPS) is 12.4. The lowest BCUT2D eigenvalue weighted by Crippen LogP contribution is -1.93. The van der Waals surface area contributed by atoms with Crippen LogP contribution in [0, 0.1) is 0 Å². The minimum absolute atomic E-state index is 0.175. The highest BCUT2D eigenvalue weighted by molar-refractivity contribution is 5.85. The summed E-state index contributed by atoms with van der Waals surface area (Å²) in [5.41, 5.74) is 0.993. The molecule has 1 radical (unpaired) electrons. The lowest BCUT2D eigenvalue weighted by atomic mass is 9.99. The maximum atomic E-state index is 10.6. The lowest BCUT2D eigenvalue weighted by Gasteiger charge is -2.06. The Labute approximate surface area is 94.8 Å². The van der Waals surface area contributed by atoms with Crippen LogP contribution in [0.3, 0.4) is 0 Å². The highest BCUT2D eigenvalue weighted by Crippen LogP contribution is 2.24. The van der Waals surface area contributed by atoms with E-state index < -0.39 is 0 Å². The van der Waals surface area contributed by atoms with Crippen molar-refractivity contribution in [3.63, 3.8) is 0 Å². The highest BCUT2D eigenvalue weighted by Gasteiger charge is 2.05. The van der Waals surface area contributed by atoms with E-state index in [-0.39, 0.29) is 5.92 Å². The van der Waals surface area contributed by atoms with E-state index in [0.29, 0.717) is 0 Å². The fourth-order valence-electron chi connectivity index (χ4n) is 1.71. The summed E-state index contributed by atoms with van der Waals surface area (Å²) in [6.45, 7) is 1.84. The van der Waals surface area contributed by atoms with E-state index in [1.807, 2.05) is 49.6 Å². The highest BCUT2D eigenvalue weighted by atomic mass is 16.5. The van der Waals surface area contributed by atoms with Gasteiger partial charge in [0.1, 0.15) is 5.75 Å². The Bertz CT molecular complexity index is 517. The smallest absolute Gasteiger partial charge is 0.206 e. The summed E-state index contributed by atoms with van der Waals surface area (Å²) in [6.07, 6.45) is 1.99. The third-order valence-electron chi connectivity index (χ3n) is 2.75. The van der Waals surface area contributed by atoms with Gasteiger partial charge in [-0.3, -0.25) is 4.79 Å². The van der Waals surface area contributed by atoms with E-state index >= 15 is 0 Å². The summed E-state index contributed by atoms with van der Waals surface area (Å²) in [4.78, 5) is 10.6. The molecule has 0 spiro atoms. The van der Waals surface area contributed by atoms with Gasteiger partial charge in [-0.05, 0) is 28.5 Å². The first-order valence-corrected chi connectivity index (χ1v) is 5.20. The van der Waals surface area contributed by atoms with Gasteiger partial charge in [0, 0.05) is 5.92 Å². The van der Waals surface area contributed by atoms with Gasteiger partial charge in [-0.1, -0.05) is 31.2 Å². The number of hydrogen-bond acceptors (Lipinski definition) is 2. The first-order valence-electron chi connectivity index (χ1n) is 5.20. The van der Waals surface area contributed by atoms with Crippen LogP contribution in [0.4, 0.5) is 0 Å². The zero-order valence-electron chi connectivity index (χ0n) is 9.36. The molecule has 2 nitrogen and oxygen atoms in total. The van der Waals surface area contributed by atoms with E-state index in [0.717, 1.165) is 22.1 Å². The number of rotatable bonds is 3. The average molecular weight is 213 g/mol. The standard InChI is InChI=1S/C14H13O2/c1-10(9-15)11-3-4-13-8-14(16-2)6-5-12(13)7-11/h3-8,10H,1-2H3/t10-/m0/s1. The van der Waals surface area contributed by atoms with Gasteiger partial charge in [0.05, 0.1) is 7.11 Å². The molecule has 0 aliphatic carbocycles. The van der Waals surface area contributed by atoms with E-state index in [1.54, 1.807) is 7.11 Å². The molecule has 81 valence electrons. The van der Waals surface area contributed by atoms with Crippen LogP contribution in [-0.4, -0.2) is 13.4 Å². The van der Waals surface area contributed by atoms with Crippen molar-refractivity contribution in [1.82, 2.24) is 0 Å². The van der Waals surface area contributed by atoms with Gasteiger partial charge in [0.15, 0.2) is 0 Å². The van der Waals surface area contributed by atoms with Gasteiger partial charge in [-0.25, -0.2) is 0 Å². The zero-order valence-corrected chi connectivity index (χ0v) is 9.36. The van der Waals surface area contributed by atoms with Gasteiger partial charge < -0.3 is 4.74 Å². The van der Waals surface area contributed by atoms with E-state index in [2.05, 4.69) is 0 Å². The summed E-state index contributed by atoms with van der Waals surface area (Å²) in [7, 11) is 1.65. The lowest BCUT2D eigenvalue weighted by molar-refractivity contribution is 0.415. The van der Waals surface area contributed by atoms with Crippen molar-refractivity contribution in [1.29, 1.82) is 0 Å². The summed E-state index contributed by atoms with van der Waals surface area (Å²) in [5.74, 6) is 0.668. The number of methoxy groups -OCH3 is 1. The van der Waals surface area contributed by atoms with Crippen molar-refractivity contribution in [3.05, 3.63) is 42.0 Å². The van der Waals surface area contributed by atoms with Gasteiger partial charge in [-0.15, -0.1) is 0 Å². The fourth-order valence-corrected chi connectivity index (χ4v) is 1.71. The molecule has 0 aliphatic rings. The maximum Gasteiger partial charge on any atom is 0.206 e. The molecule has 0 aliphatic heterocycles. The molecule has 0 fully saturated rings. The summed E-state index contributed by atoms with van der Waals surface area (Å²) < 4.78 is 5.16. The van der Waals surface area contributed by atoms with E-state index in [1.165, 1.54) is 0 Å². The second kappa shape index (κ2) is 4.35. The van der Waals surface area contributed by atoms with Crippen LogP contribution in [0.2, 0.25) is 0 Å². The van der Waals surface area contributed by atoms with Crippen LogP contribution < -0.4 is 4.74 Å². The molecule has 16 heavy (non-hydrogen) atoms. The molecule has 2 heteroatoms. The summed E-state index contributed by atoms with van der Waals surface area (Å²) in [6, 6.07) is 11.9. The molecule has 1 atom stereocenters. The second-order valence-electron chi connectivity index (χ2n) is 3.81. The Kier molecular flexibility index (Phi) is 2.91. The largest absolute Gasteiger partial charge is 0.497 e. The number of ether oxygens (including phenoxy) is 1. The molecule has 0 heterocycles. The van der Waals surface area contributed by atoms with Crippen LogP contribution >= 0.6 is 0 Å². The Hall–Kier alpha value is -1.83. The van der Waals surface area contributed by atoms with Gasteiger partial charge in [0.2, 0.25) is 6.29 Å². The Morgan fingerprint density at radius 2 is 1.81 bits per heavy atom. The average Bonchev–Trinajstić information content (AvgIpc) is 2.36. The number of carbonyl (C=O) groups excluding carboxylic acids is 1. The van der Waals surface area contributed by atoms with Gasteiger partial charge >= 0.3 is 0 Å². The van der Waals surface area contributed by atoms with Crippen LogP contribution in [0.15, 0.2) is 36.4 Å². The molecule has 0 N–H and O–H groups in total. The zero-order chi connectivity index (χ0) is 11.5. The molecule has 0 saturated heterocycles. The third-order valence-corrected chi connectivity index (χ3v) is 2.75. The summed E-state index contributed by atoms with van der Waals surface area (Å²) in [5, 5.41) is 2.22. The van der Waals surface area contributed by atoms with Crippen molar-refractivity contribution in [2.75, 3.05) is 7.11 Å². The molecule has 0 unspecified atom stereocenters. The molecule has 2 rings (SSSR count). The van der Waals surface area contributed by atoms with Gasteiger partial charge in [0.25, 0.3) is 0 Å². The number of hydrogen-bond donors (Lipinski definition) is 0. The van der Waals surface area contributed by atoms with Crippen molar-refractivity contribution in [2.45, 2.75) is 12.8 Å². The van der Waals surface area contributed by atoms with Gasteiger partial charge in [-0.2, -0.15) is 0 Å². The molecule has 0 aromatic heterocycles. The molecular formula is C14H13O2. The first kappa shape index (κ1) is 10.7. The third kappa shape index (κ3) is 1.91. The minimum atomic E-state index is -0.175. The van der Waals surface area contributed by atoms with Crippen LogP contribution in [0.5, 0.6) is 5.75 Å². The first-order chi connectivity index (χ1) is 7.74. The van der Waals surface area contributed by atoms with Crippen molar-refractivity contribution in [3.8, 4) is 5.75 Å². The van der Waals surface area contributed by atoms with E-state index in [4.69, 9.17) is 4.74 Å². The molecular weight excluding hydrogens is 200 g/mol. The number of fused-ring (bicyclic) bond motifs is 1. The SMILES string of the molecule is COc1ccc2cc([C@@H](C)[C]=O)ccc2c1. The molecule has 0 amide bonds. The monoisotopic (exact) mass is 213 g/mol. The number of benzene rings is 2. The molecule has 2 aromatic carbocycles. The Balaban J connectivity index is 2.51. The van der Waals surface area contributed by atoms with Crippen molar-refractivity contribution >= 4 is 17.1 Å². The second-order valence-corrected chi connectivity index (χ2v) is 3.81. The Morgan fingerprint density at radius 3 is 2.50 bits per heavy atom. The predicted molar refractivity (Wildman–Crippen MR) is 64.6 cm³/mol. The minimum Gasteiger partial charge on any atom is -0.497 e. The predicted octanol–water partition coefficient (Wildman–Crippen LogP) is 3.06. The molecule has 0 bridgehead atoms. The van der Waals surface area contributed by atoms with E-state index in [9.17, 15) is 4.79 Å². The fraction of sp³-hybridized carbons (Fsp3) is 0.214. The van der Waals surface area contributed by atoms with Crippen LogP contribution in [0.25, 0.3) is 10.8 Å². The summed E-state index contributed by atoms with van der Waals surface area (Å²) >= 11 is 0. The van der Waals surface area contributed by atoms with Crippen LogP contribution in [-0.2, 0) is 4.79 Å².